The zero-order chi connectivity index (χ0) is 13.3. The molecule has 1 unspecified atom stereocenters. The summed E-state index contributed by atoms with van der Waals surface area (Å²) in [4.78, 5) is 13.4. The van der Waals surface area contributed by atoms with Crippen LogP contribution in [-0.4, -0.2) is 34.1 Å². The summed E-state index contributed by atoms with van der Waals surface area (Å²) in [5.41, 5.74) is 0.120. The van der Waals surface area contributed by atoms with Gasteiger partial charge in [0, 0.05) is 35.0 Å². The van der Waals surface area contributed by atoms with Crippen molar-refractivity contribution in [2.24, 2.45) is 0 Å². The average molecular weight is 288 g/mol. The number of thiophene rings is 1. The Bertz CT molecular complexity index is 447. The molecule has 1 N–H and O–H groups in total. The van der Waals surface area contributed by atoms with Crippen LogP contribution in [0.5, 0.6) is 0 Å². The van der Waals surface area contributed by atoms with Gasteiger partial charge in [0.15, 0.2) is 5.00 Å². The SMILES string of the molecule is CC1CN(c2sc([C@@H](C)O)cc2[N+](=O)[O-])CCS1. The second kappa shape index (κ2) is 5.46. The Balaban J connectivity index is 2.32. The quantitative estimate of drug-likeness (QED) is 0.684. The molecule has 1 saturated heterocycles. The van der Waals surface area contributed by atoms with Crippen molar-refractivity contribution in [2.45, 2.75) is 25.2 Å². The van der Waals surface area contributed by atoms with Crippen LogP contribution in [0.25, 0.3) is 0 Å². The number of anilines is 1. The molecule has 0 aliphatic carbocycles. The summed E-state index contributed by atoms with van der Waals surface area (Å²) in [5.74, 6) is 0.986. The van der Waals surface area contributed by atoms with E-state index in [1.807, 2.05) is 11.8 Å². The minimum atomic E-state index is -0.654. The fraction of sp³-hybridized carbons (Fsp3) is 0.636. The van der Waals surface area contributed by atoms with Crippen molar-refractivity contribution in [3.8, 4) is 0 Å². The van der Waals surface area contributed by atoms with Crippen LogP contribution in [-0.2, 0) is 0 Å². The summed E-state index contributed by atoms with van der Waals surface area (Å²) in [6.45, 7) is 5.42. The van der Waals surface area contributed by atoms with Crippen LogP contribution >= 0.6 is 23.1 Å². The minimum absolute atomic E-state index is 0.120. The third-order valence-electron chi connectivity index (χ3n) is 2.85. The van der Waals surface area contributed by atoms with Gasteiger partial charge in [0.2, 0.25) is 0 Å². The maximum Gasteiger partial charge on any atom is 0.304 e. The molecule has 1 aliphatic rings. The zero-order valence-corrected chi connectivity index (χ0v) is 12.0. The van der Waals surface area contributed by atoms with Crippen LogP contribution in [0.3, 0.4) is 0 Å². The number of hydrogen-bond acceptors (Lipinski definition) is 6. The van der Waals surface area contributed by atoms with E-state index in [1.165, 1.54) is 17.4 Å². The third kappa shape index (κ3) is 2.78. The normalized spacial score (nSPS) is 21.9. The number of rotatable bonds is 3. The molecule has 2 atom stereocenters. The molecule has 0 spiro atoms. The molecule has 1 fully saturated rings. The number of aliphatic hydroxyl groups is 1. The second-order valence-corrected chi connectivity index (χ2v) is 7.01. The summed E-state index contributed by atoms with van der Waals surface area (Å²) >= 11 is 3.22. The van der Waals surface area contributed by atoms with Crippen molar-refractivity contribution in [3.05, 3.63) is 21.1 Å². The van der Waals surface area contributed by atoms with Gasteiger partial charge in [-0.1, -0.05) is 6.92 Å². The second-order valence-electron chi connectivity index (χ2n) is 4.40. The summed E-state index contributed by atoms with van der Waals surface area (Å²) in [5, 5.41) is 21.8. The number of aliphatic hydroxyl groups excluding tert-OH is 1. The number of thioether (sulfide) groups is 1. The molecule has 0 amide bonds. The smallest absolute Gasteiger partial charge is 0.304 e. The van der Waals surface area contributed by atoms with Crippen LogP contribution in [0.4, 0.5) is 10.7 Å². The average Bonchev–Trinajstić information content (AvgIpc) is 2.73. The van der Waals surface area contributed by atoms with E-state index in [0.717, 1.165) is 18.8 Å². The number of nitrogens with zero attached hydrogens (tertiary/aromatic N) is 2. The molecule has 2 heterocycles. The van der Waals surface area contributed by atoms with Gasteiger partial charge in [-0.15, -0.1) is 11.3 Å². The molecule has 5 nitrogen and oxygen atoms in total. The highest BCUT2D eigenvalue weighted by Crippen LogP contribution is 2.41. The maximum atomic E-state index is 11.1. The van der Waals surface area contributed by atoms with Crippen LogP contribution in [0.1, 0.15) is 24.8 Å². The first-order valence-electron chi connectivity index (χ1n) is 5.81. The van der Waals surface area contributed by atoms with Crippen molar-refractivity contribution >= 4 is 33.8 Å². The first-order chi connectivity index (χ1) is 8.49. The Morgan fingerprint density at radius 1 is 1.67 bits per heavy atom. The van der Waals surface area contributed by atoms with Gasteiger partial charge in [-0.05, 0) is 6.92 Å². The minimum Gasteiger partial charge on any atom is -0.388 e. The summed E-state index contributed by atoms with van der Waals surface area (Å²) in [6, 6.07) is 1.50. The van der Waals surface area contributed by atoms with E-state index < -0.39 is 6.10 Å². The van der Waals surface area contributed by atoms with E-state index in [9.17, 15) is 15.2 Å². The molecule has 1 aromatic rings. The van der Waals surface area contributed by atoms with E-state index in [4.69, 9.17) is 0 Å². The molecule has 2 rings (SSSR count). The Hall–Kier alpha value is -0.790. The van der Waals surface area contributed by atoms with E-state index in [1.54, 1.807) is 6.92 Å². The fourth-order valence-electron chi connectivity index (χ4n) is 1.96. The Labute approximate surface area is 114 Å². The lowest BCUT2D eigenvalue weighted by atomic mass is 10.3. The van der Waals surface area contributed by atoms with Crippen molar-refractivity contribution in [1.29, 1.82) is 0 Å². The first kappa shape index (κ1) is 13.6. The standard InChI is InChI=1S/C11H16N2O3S2/c1-7-6-12(3-4-17-7)11-9(13(15)16)5-10(18-11)8(2)14/h5,7-8,14H,3-4,6H2,1-2H3/t7?,8-/m1/s1. The molecule has 100 valence electrons. The molecule has 0 saturated carbocycles. The Morgan fingerprint density at radius 2 is 2.39 bits per heavy atom. The molecular formula is C11H16N2O3S2. The van der Waals surface area contributed by atoms with Gasteiger partial charge in [0.1, 0.15) is 0 Å². The van der Waals surface area contributed by atoms with Gasteiger partial charge in [0.05, 0.1) is 11.0 Å². The lowest BCUT2D eigenvalue weighted by Gasteiger charge is -2.30. The molecule has 7 heteroatoms. The molecule has 0 bridgehead atoms. The summed E-state index contributed by atoms with van der Waals surface area (Å²) in [7, 11) is 0. The van der Waals surface area contributed by atoms with Gasteiger partial charge >= 0.3 is 5.69 Å². The number of nitro groups is 1. The van der Waals surface area contributed by atoms with E-state index in [-0.39, 0.29) is 10.6 Å². The fourth-order valence-corrected chi connectivity index (χ4v) is 4.07. The molecular weight excluding hydrogens is 272 g/mol. The predicted octanol–water partition coefficient (Wildman–Crippen LogP) is 2.65. The Kier molecular flexibility index (Phi) is 4.14. The maximum absolute atomic E-state index is 11.1. The molecule has 1 aliphatic heterocycles. The van der Waals surface area contributed by atoms with Crippen LogP contribution < -0.4 is 4.90 Å². The van der Waals surface area contributed by atoms with Crippen molar-refractivity contribution in [1.82, 2.24) is 0 Å². The monoisotopic (exact) mass is 288 g/mol. The highest BCUT2D eigenvalue weighted by Gasteiger charge is 2.28. The lowest BCUT2D eigenvalue weighted by Crippen LogP contribution is -2.36. The van der Waals surface area contributed by atoms with Crippen molar-refractivity contribution < 1.29 is 10.0 Å². The van der Waals surface area contributed by atoms with Crippen LogP contribution in [0.15, 0.2) is 6.07 Å². The van der Waals surface area contributed by atoms with Gasteiger partial charge in [-0.2, -0.15) is 11.8 Å². The summed E-state index contributed by atoms with van der Waals surface area (Å²) in [6.07, 6.45) is -0.654. The van der Waals surface area contributed by atoms with Crippen LogP contribution in [0.2, 0.25) is 0 Å². The molecule has 18 heavy (non-hydrogen) atoms. The third-order valence-corrected chi connectivity index (χ3v) is 5.34. The van der Waals surface area contributed by atoms with Crippen molar-refractivity contribution in [3.63, 3.8) is 0 Å². The highest BCUT2D eigenvalue weighted by atomic mass is 32.2. The molecule has 1 aromatic heterocycles. The molecule has 0 radical (unpaired) electrons. The lowest BCUT2D eigenvalue weighted by molar-refractivity contribution is -0.383. The van der Waals surface area contributed by atoms with Crippen LogP contribution in [0, 0.1) is 10.1 Å². The van der Waals surface area contributed by atoms with Gasteiger partial charge < -0.3 is 10.0 Å². The van der Waals surface area contributed by atoms with E-state index in [2.05, 4.69) is 11.8 Å². The largest absolute Gasteiger partial charge is 0.388 e. The Morgan fingerprint density at radius 3 is 2.94 bits per heavy atom. The van der Waals surface area contributed by atoms with E-state index >= 15 is 0 Å². The summed E-state index contributed by atoms with van der Waals surface area (Å²) < 4.78 is 0. The first-order valence-corrected chi connectivity index (χ1v) is 7.68. The predicted molar refractivity (Wildman–Crippen MR) is 75.7 cm³/mol. The van der Waals surface area contributed by atoms with Gasteiger partial charge in [-0.3, -0.25) is 10.1 Å². The number of hydrogen-bond donors (Lipinski definition) is 1. The zero-order valence-electron chi connectivity index (χ0n) is 10.3. The van der Waals surface area contributed by atoms with E-state index in [0.29, 0.717) is 15.1 Å². The molecule has 0 aromatic carbocycles. The van der Waals surface area contributed by atoms with Gasteiger partial charge in [-0.25, -0.2) is 0 Å². The topological polar surface area (TPSA) is 66.6 Å². The van der Waals surface area contributed by atoms with Gasteiger partial charge in [0.25, 0.3) is 0 Å². The highest BCUT2D eigenvalue weighted by molar-refractivity contribution is 8.00. The van der Waals surface area contributed by atoms with Crippen molar-refractivity contribution in [2.75, 3.05) is 23.7 Å².